The third-order valence-corrected chi connectivity index (χ3v) is 4.80. The smallest absolute Gasteiger partial charge is 0.0380 e. The van der Waals surface area contributed by atoms with Gasteiger partial charge in [-0.2, -0.15) is 0 Å². The van der Waals surface area contributed by atoms with Crippen LogP contribution >= 0.6 is 0 Å². The van der Waals surface area contributed by atoms with Crippen LogP contribution in [0.5, 0.6) is 0 Å². The first-order valence-electron chi connectivity index (χ1n) is 4.71. The quantitative estimate of drug-likeness (QED) is 0.444. The van der Waals surface area contributed by atoms with Crippen LogP contribution in [0, 0.1) is 41.4 Å². The van der Waals surface area contributed by atoms with Crippen LogP contribution < -0.4 is 0 Å². The van der Waals surface area contributed by atoms with Crippen molar-refractivity contribution >= 4 is 0 Å². The van der Waals surface area contributed by atoms with E-state index in [9.17, 15) is 0 Å². The summed E-state index contributed by atoms with van der Waals surface area (Å²) in [7, 11) is 0. The van der Waals surface area contributed by atoms with E-state index in [0.29, 0.717) is 0 Å². The van der Waals surface area contributed by atoms with E-state index in [1.165, 1.54) is 23.7 Å². The fourth-order valence-electron chi connectivity index (χ4n) is 4.38. The van der Waals surface area contributed by atoms with Gasteiger partial charge in [0.15, 0.2) is 0 Å². The molecule has 0 heterocycles. The van der Waals surface area contributed by atoms with Crippen molar-refractivity contribution in [3.05, 3.63) is 5.92 Å². The molecule has 0 aromatic rings. The summed E-state index contributed by atoms with van der Waals surface area (Å²) in [5, 5.41) is 0. The molecule has 0 spiro atoms. The average molecular weight is 133 g/mol. The van der Waals surface area contributed by atoms with Crippen molar-refractivity contribution in [2.75, 3.05) is 0 Å². The van der Waals surface area contributed by atoms with Gasteiger partial charge in [-0.25, -0.2) is 0 Å². The Morgan fingerprint density at radius 1 is 0.900 bits per heavy atom. The topological polar surface area (TPSA) is 0 Å². The van der Waals surface area contributed by atoms with Crippen molar-refractivity contribution < 1.29 is 0 Å². The summed E-state index contributed by atoms with van der Waals surface area (Å²) in [6.45, 7) is 2.44. The zero-order valence-corrected chi connectivity index (χ0v) is 6.38. The predicted octanol–water partition coefficient (Wildman–Crippen LogP) is 2.11. The van der Waals surface area contributed by atoms with Crippen LogP contribution in [-0.4, -0.2) is 0 Å². The Kier molecular flexibility index (Phi) is 0.492. The van der Waals surface area contributed by atoms with Gasteiger partial charge in [-0.1, -0.05) is 0 Å². The van der Waals surface area contributed by atoms with Gasteiger partial charge in [0.25, 0.3) is 0 Å². The maximum Gasteiger partial charge on any atom is 0.107 e. The number of rotatable bonds is 0. The lowest BCUT2D eigenvalue weighted by molar-refractivity contribution is 0.457. The normalized spacial score (nSPS) is 73.5. The second-order valence-corrected chi connectivity index (χ2v) is 4.92. The summed E-state index contributed by atoms with van der Waals surface area (Å²) in [5.41, 5.74) is 0. The summed E-state index contributed by atoms with van der Waals surface area (Å²) >= 11 is 0. The zero-order valence-electron chi connectivity index (χ0n) is 6.38. The van der Waals surface area contributed by atoms with Crippen molar-refractivity contribution in [2.24, 2.45) is 35.5 Å². The van der Waals surface area contributed by atoms with E-state index in [1.807, 2.05) is 5.92 Å². The van der Waals surface area contributed by atoms with Gasteiger partial charge >= 0.3 is 0 Å². The Balaban J connectivity index is 1.86. The molecule has 0 aromatic heterocycles. The fraction of sp³-hybridized carbons (Fsp3) is 0.900. The largest absolute Gasteiger partial charge is 0.107 e. The van der Waals surface area contributed by atoms with Crippen molar-refractivity contribution in [1.82, 2.24) is 0 Å². The Labute approximate surface area is 62.0 Å². The van der Waals surface area contributed by atoms with Crippen molar-refractivity contribution in [3.8, 4) is 0 Å². The third-order valence-electron chi connectivity index (χ3n) is 4.80. The average Bonchev–Trinajstić information content (AvgIpc) is 2.71. The molecule has 5 saturated carbocycles. The van der Waals surface area contributed by atoms with Crippen LogP contribution in [0.3, 0.4) is 0 Å². The van der Waals surface area contributed by atoms with Gasteiger partial charge in [0.1, 0.15) is 11.8 Å². The van der Waals surface area contributed by atoms with Gasteiger partial charge in [-0.3, -0.25) is 0 Å². The molecule has 0 N–H and O–H groups in total. The van der Waals surface area contributed by atoms with E-state index in [0.717, 1.165) is 11.8 Å². The van der Waals surface area contributed by atoms with Crippen molar-refractivity contribution in [2.45, 2.75) is 19.8 Å². The first-order valence-corrected chi connectivity index (χ1v) is 4.71. The lowest BCUT2D eigenvalue weighted by Gasteiger charge is -2.05. The summed E-state index contributed by atoms with van der Waals surface area (Å²) in [4.78, 5) is 0. The standard InChI is InChI=1S/C10H13/c1-4-9-5-2-6-8(10(4)6)3-7(5)9/h5-10H,2-3H2,1H3/q+1/t5-,6+,7+,8-,9?,10?. The molecule has 10 heavy (non-hydrogen) atoms. The first kappa shape index (κ1) is 4.69. The lowest BCUT2D eigenvalue weighted by Crippen LogP contribution is -2.08. The molecule has 5 aliphatic rings. The minimum Gasteiger partial charge on any atom is -0.0380 e. The highest BCUT2D eigenvalue weighted by atomic mass is 14.8. The Morgan fingerprint density at radius 3 is 1.70 bits per heavy atom. The van der Waals surface area contributed by atoms with Crippen LogP contribution in [0.15, 0.2) is 0 Å². The highest BCUT2D eigenvalue weighted by Gasteiger charge is 2.81. The molecule has 6 atom stereocenters. The Morgan fingerprint density at radius 2 is 1.30 bits per heavy atom. The summed E-state index contributed by atoms with van der Waals surface area (Å²) in [6.07, 6.45) is 3.25. The van der Waals surface area contributed by atoms with Crippen LogP contribution in [-0.2, 0) is 0 Å². The van der Waals surface area contributed by atoms with Gasteiger partial charge in [-0.15, -0.1) is 0 Å². The van der Waals surface area contributed by atoms with Gasteiger partial charge in [0.2, 0.25) is 0 Å². The molecule has 0 amide bonds. The van der Waals surface area contributed by atoms with E-state index in [2.05, 4.69) is 6.92 Å². The Bertz CT molecular complexity index is 170. The van der Waals surface area contributed by atoms with E-state index in [4.69, 9.17) is 0 Å². The summed E-state index contributed by atoms with van der Waals surface area (Å²) in [5.74, 6) is 8.97. The molecule has 0 saturated heterocycles. The molecule has 0 aliphatic heterocycles. The second-order valence-electron chi connectivity index (χ2n) is 4.92. The van der Waals surface area contributed by atoms with E-state index in [-0.39, 0.29) is 0 Å². The monoisotopic (exact) mass is 133 g/mol. The van der Waals surface area contributed by atoms with Gasteiger partial charge in [0, 0.05) is 23.7 Å². The van der Waals surface area contributed by atoms with Gasteiger partial charge < -0.3 is 0 Å². The van der Waals surface area contributed by atoms with E-state index in [1.54, 1.807) is 12.8 Å². The molecule has 0 nitrogen and oxygen atoms in total. The first-order chi connectivity index (χ1) is 4.88. The number of hydrogen-bond acceptors (Lipinski definition) is 0. The maximum atomic E-state index is 2.44. The highest BCUT2D eigenvalue weighted by molar-refractivity contribution is 5.32. The van der Waals surface area contributed by atoms with Crippen LogP contribution in [0.4, 0.5) is 0 Å². The minimum absolute atomic E-state index is 1.14. The Hall–Kier alpha value is -0.130. The molecule has 52 valence electrons. The fourth-order valence-corrected chi connectivity index (χ4v) is 4.38. The third kappa shape index (κ3) is 0.289. The van der Waals surface area contributed by atoms with Crippen LogP contribution in [0.2, 0.25) is 0 Å². The molecule has 5 rings (SSSR count). The maximum absolute atomic E-state index is 2.44. The molecule has 2 unspecified atom stereocenters. The summed E-state index contributed by atoms with van der Waals surface area (Å²) in [6, 6.07) is 0. The molecule has 0 heteroatoms. The predicted molar refractivity (Wildman–Crippen MR) is 39.1 cm³/mol. The zero-order chi connectivity index (χ0) is 6.46. The molecular weight excluding hydrogens is 120 g/mol. The van der Waals surface area contributed by atoms with Crippen LogP contribution in [0.1, 0.15) is 19.8 Å². The molecule has 6 bridgehead atoms. The molecule has 0 aromatic carbocycles. The molecule has 0 radical (unpaired) electrons. The SMILES string of the molecule is C[C+]1C2[C@H]3C[C@H]4C1[C@H]4C[C@@H]23. The summed E-state index contributed by atoms with van der Waals surface area (Å²) < 4.78 is 0. The van der Waals surface area contributed by atoms with Gasteiger partial charge in [0.05, 0.1) is 12.8 Å². The molecular formula is C10H13+. The molecule has 5 fully saturated rings. The lowest BCUT2D eigenvalue weighted by atomic mass is 9.89. The second kappa shape index (κ2) is 1.05. The van der Waals surface area contributed by atoms with E-state index >= 15 is 0 Å². The van der Waals surface area contributed by atoms with E-state index < -0.39 is 0 Å². The van der Waals surface area contributed by atoms with Crippen molar-refractivity contribution in [3.63, 3.8) is 0 Å². The molecule has 5 aliphatic carbocycles. The van der Waals surface area contributed by atoms with Crippen LogP contribution in [0.25, 0.3) is 0 Å². The van der Waals surface area contributed by atoms with Gasteiger partial charge in [-0.05, 0) is 12.8 Å². The van der Waals surface area contributed by atoms with Crippen molar-refractivity contribution in [1.29, 1.82) is 0 Å². The minimum atomic E-state index is 1.14. The highest BCUT2D eigenvalue weighted by Crippen LogP contribution is 2.80. The number of hydrogen-bond donors (Lipinski definition) is 0.